The maximum Gasteiger partial charge on any atom is 0.0593 e. The molecule has 2 nitrogen and oxygen atoms in total. The second-order valence-corrected chi connectivity index (χ2v) is 9.52. The van der Waals surface area contributed by atoms with Crippen molar-refractivity contribution in [3.8, 4) is 0 Å². The zero-order chi connectivity index (χ0) is 17.9. The van der Waals surface area contributed by atoms with Crippen LogP contribution in [0.1, 0.15) is 128 Å². The number of ether oxygens (including phenoxy) is 1. The summed E-state index contributed by atoms with van der Waals surface area (Å²) in [5, 5.41) is 4.13. The molecule has 1 saturated heterocycles. The molecule has 4 bridgehead atoms. The highest BCUT2D eigenvalue weighted by atomic mass is 16.5. The highest BCUT2D eigenvalue weighted by Gasteiger charge is 2.28. The molecule has 3 aliphatic rings. The van der Waals surface area contributed by atoms with Crippen molar-refractivity contribution in [2.24, 2.45) is 0 Å². The number of fused-ring (bicyclic) bond motifs is 4. The van der Waals surface area contributed by atoms with Gasteiger partial charge in [0, 0.05) is 12.1 Å². The van der Waals surface area contributed by atoms with Gasteiger partial charge in [-0.3, -0.25) is 0 Å². The standard InChI is InChI=1S/C24H45NO/c1-2-4-7-11-15-21-19-23(17-13-9-5-3-1)26-24-18-14-10-6-8-12-16-22(20-24)25-21/h21-25H,1-20H2. The molecule has 2 heteroatoms. The minimum absolute atomic E-state index is 0.518. The van der Waals surface area contributed by atoms with Crippen LogP contribution in [0.25, 0.3) is 0 Å². The lowest BCUT2D eigenvalue weighted by atomic mass is 9.90. The Bertz CT molecular complexity index is 328. The molecular weight excluding hydrogens is 318 g/mol. The van der Waals surface area contributed by atoms with Gasteiger partial charge < -0.3 is 10.1 Å². The first-order valence-electron chi connectivity index (χ1n) is 12.3. The Hall–Kier alpha value is -0.0800. The first-order chi connectivity index (χ1) is 12.9. The Labute approximate surface area is 163 Å². The molecule has 152 valence electrons. The summed E-state index contributed by atoms with van der Waals surface area (Å²) in [7, 11) is 0. The van der Waals surface area contributed by atoms with Gasteiger partial charge in [0.1, 0.15) is 0 Å². The molecule has 2 saturated carbocycles. The molecule has 0 spiro atoms. The van der Waals surface area contributed by atoms with Crippen LogP contribution in [0.4, 0.5) is 0 Å². The fourth-order valence-electron chi connectivity index (χ4n) is 5.55. The summed E-state index contributed by atoms with van der Waals surface area (Å²) in [6, 6.07) is 1.42. The molecule has 3 fully saturated rings. The lowest BCUT2D eigenvalue weighted by molar-refractivity contribution is -0.0518. The lowest BCUT2D eigenvalue weighted by Crippen LogP contribution is -2.46. The summed E-state index contributed by atoms with van der Waals surface area (Å²) in [6.07, 6.45) is 29.0. The van der Waals surface area contributed by atoms with E-state index in [4.69, 9.17) is 4.74 Å². The highest BCUT2D eigenvalue weighted by Crippen LogP contribution is 2.28. The maximum absolute atomic E-state index is 6.78. The first-order valence-corrected chi connectivity index (χ1v) is 12.3. The first kappa shape index (κ1) is 20.6. The van der Waals surface area contributed by atoms with Gasteiger partial charge in [-0.25, -0.2) is 0 Å². The van der Waals surface area contributed by atoms with Gasteiger partial charge >= 0.3 is 0 Å². The quantitative estimate of drug-likeness (QED) is 0.505. The summed E-state index contributed by atoms with van der Waals surface area (Å²) >= 11 is 0. The Kier molecular flexibility index (Phi) is 9.84. The monoisotopic (exact) mass is 363 g/mol. The van der Waals surface area contributed by atoms with E-state index in [0.29, 0.717) is 24.3 Å². The van der Waals surface area contributed by atoms with Gasteiger partial charge in [-0.1, -0.05) is 89.9 Å². The van der Waals surface area contributed by atoms with Gasteiger partial charge in [-0.05, 0) is 38.5 Å². The van der Waals surface area contributed by atoms with Crippen LogP contribution in [0.5, 0.6) is 0 Å². The van der Waals surface area contributed by atoms with Gasteiger partial charge in [0.2, 0.25) is 0 Å². The van der Waals surface area contributed by atoms with Crippen LogP contribution in [0, 0.1) is 0 Å². The van der Waals surface area contributed by atoms with Crippen molar-refractivity contribution >= 4 is 0 Å². The lowest BCUT2D eigenvalue weighted by Gasteiger charge is -2.37. The van der Waals surface area contributed by atoms with Crippen LogP contribution >= 0.6 is 0 Å². The second-order valence-electron chi connectivity index (χ2n) is 9.52. The van der Waals surface area contributed by atoms with Crippen LogP contribution in [-0.2, 0) is 4.74 Å². The van der Waals surface area contributed by atoms with Crippen LogP contribution in [0.2, 0.25) is 0 Å². The molecule has 4 atom stereocenters. The molecule has 26 heavy (non-hydrogen) atoms. The van der Waals surface area contributed by atoms with E-state index in [9.17, 15) is 0 Å². The predicted molar refractivity (Wildman–Crippen MR) is 112 cm³/mol. The van der Waals surface area contributed by atoms with Crippen molar-refractivity contribution in [3.63, 3.8) is 0 Å². The van der Waals surface area contributed by atoms with Gasteiger partial charge in [0.25, 0.3) is 0 Å². The van der Waals surface area contributed by atoms with E-state index in [1.165, 1.54) is 128 Å². The fraction of sp³-hybridized carbons (Fsp3) is 1.00. The van der Waals surface area contributed by atoms with E-state index in [1.807, 2.05) is 0 Å². The average Bonchev–Trinajstić information content (AvgIpc) is 2.63. The second kappa shape index (κ2) is 12.4. The molecule has 1 N–H and O–H groups in total. The molecule has 2 aliphatic carbocycles. The van der Waals surface area contributed by atoms with Gasteiger partial charge in [0.05, 0.1) is 12.2 Å². The van der Waals surface area contributed by atoms with Crippen molar-refractivity contribution in [1.82, 2.24) is 5.32 Å². The molecule has 0 amide bonds. The molecule has 0 radical (unpaired) electrons. The Morgan fingerprint density at radius 1 is 0.423 bits per heavy atom. The SMILES string of the molecule is C1CCCCCC2CC(CCCCC1)OC1CCCCCCCC(C1)N2. The van der Waals surface area contributed by atoms with E-state index in [1.54, 1.807) is 0 Å². The number of hydrogen-bond acceptors (Lipinski definition) is 2. The van der Waals surface area contributed by atoms with E-state index >= 15 is 0 Å². The normalized spacial score (nSPS) is 36.9. The molecule has 1 aliphatic heterocycles. The summed E-state index contributed by atoms with van der Waals surface area (Å²) in [5.41, 5.74) is 0. The summed E-state index contributed by atoms with van der Waals surface area (Å²) in [6.45, 7) is 0. The predicted octanol–water partition coefficient (Wildman–Crippen LogP) is 6.91. The fourth-order valence-corrected chi connectivity index (χ4v) is 5.55. The van der Waals surface area contributed by atoms with E-state index < -0.39 is 0 Å². The molecule has 1 heterocycles. The van der Waals surface area contributed by atoms with Crippen molar-refractivity contribution in [2.45, 2.75) is 153 Å². The number of hydrogen-bond donors (Lipinski definition) is 1. The highest BCUT2D eigenvalue weighted by molar-refractivity contribution is 4.84. The van der Waals surface area contributed by atoms with Crippen LogP contribution in [-0.4, -0.2) is 24.3 Å². The molecule has 0 aromatic rings. The summed E-state index contributed by atoms with van der Waals surface area (Å²) in [4.78, 5) is 0. The van der Waals surface area contributed by atoms with Crippen LogP contribution < -0.4 is 5.32 Å². The zero-order valence-corrected chi connectivity index (χ0v) is 17.4. The minimum Gasteiger partial charge on any atom is -0.375 e. The van der Waals surface area contributed by atoms with Gasteiger partial charge in [-0.15, -0.1) is 0 Å². The summed E-state index contributed by atoms with van der Waals surface area (Å²) < 4.78 is 6.78. The average molecular weight is 364 g/mol. The van der Waals surface area contributed by atoms with Crippen molar-refractivity contribution in [3.05, 3.63) is 0 Å². The van der Waals surface area contributed by atoms with Gasteiger partial charge in [-0.2, -0.15) is 0 Å². The van der Waals surface area contributed by atoms with Gasteiger partial charge in [0.15, 0.2) is 0 Å². The topological polar surface area (TPSA) is 21.3 Å². The van der Waals surface area contributed by atoms with Crippen molar-refractivity contribution < 1.29 is 4.74 Å². The molecule has 4 unspecified atom stereocenters. The van der Waals surface area contributed by atoms with Crippen molar-refractivity contribution in [1.29, 1.82) is 0 Å². The van der Waals surface area contributed by atoms with Crippen LogP contribution in [0.15, 0.2) is 0 Å². The number of rotatable bonds is 0. The molecule has 3 rings (SSSR count). The van der Waals surface area contributed by atoms with E-state index in [0.717, 1.165) is 0 Å². The zero-order valence-electron chi connectivity index (χ0n) is 17.4. The Morgan fingerprint density at radius 3 is 1.19 bits per heavy atom. The largest absolute Gasteiger partial charge is 0.375 e. The minimum atomic E-state index is 0.518. The maximum atomic E-state index is 6.78. The Balaban J connectivity index is 1.61. The molecule has 0 aromatic carbocycles. The third kappa shape index (κ3) is 7.89. The smallest absolute Gasteiger partial charge is 0.0593 e. The van der Waals surface area contributed by atoms with Crippen LogP contribution in [0.3, 0.4) is 0 Å². The third-order valence-electron chi connectivity index (χ3n) is 7.11. The number of nitrogens with one attached hydrogen (secondary N) is 1. The third-order valence-corrected chi connectivity index (χ3v) is 7.11. The molecule has 0 aromatic heterocycles. The van der Waals surface area contributed by atoms with E-state index in [2.05, 4.69) is 5.32 Å². The van der Waals surface area contributed by atoms with E-state index in [-0.39, 0.29) is 0 Å². The molecular formula is C24H45NO. The Morgan fingerprint density at radius 2 is 0.769 bits per heavy atom. The van der Waals surface area contributed by atoms with Crippen molar-refractivity contribution in [2.75, 3.05) is 0 Å². The summed E-state index contributed by atoms with van der Waals surface area (Å²) in [5.74, 6) is 0.